The second kappa shape index (κ2) is 9.94. The van der Waals surface area contributed by atoms with Crippen LogP contribution in [0.3, 0.4) is 0 Å². The Kier molecular flexibility index (Phi) is 6.78. The summed E-state index contributed by atoms with van der Waals surface area (Å²) in [5, 5.41) is 4.39. The molecule has 1 aliphatic rings. The molecule has 0 atom stereocenters. The van der Waals surface area contributed by atoms with E-state index in [9.17, 15) is 24.0 Å². The summed E-state index contributed by atoms with van der Waals surface area (Å²) < 4.78 is 15.7. The van der Waals surface area contributed by atoms with E-state index in [2.05, 4.69) is 5.32 Å². The fourth-order valence-electron chi connectivity index (χ4n) is 3.48. The van der Waals surface area contributed by atoms with Crippen LogP contribution in [0.5, 0.6) is 0 Å². The molecule has 180 valence electrons. The minimum atomic E-state index is -0.932. The molecule has 0 radical (unpaired) electrons. The van der Waals surface area contributed by atoms with Gasteiger partial charge in [-0.2, -0.15) is 0 Å². The summed E-state index contributed by atoms with van der Waals surface area (Å²) in [5.41, 5.74) is 0.987. The number of hydrogen-bond acceptors (Lipinski definition) is 9. The number of hydrogen-bond donors (Lipinski definition) is 1. The maximum absolute atomic E-state index is 12.6. The molecule has 0 saturated heterocycles. The molecule has 3 heterocycles. The number of anilines is 1. The zero-order valence-corrected chi connectivity index (χ0v) is 19.6. The van der Waals surface area contributed by atoms with Gasteiger partial charge in [0.15, 0.2) is 6.61 Å². The Hall–Kier alpha value is -4.25. The fraction of sp³-hybridized carbons (Fsp3) is 0.208. The Morgan fingerprint density at radius 2 is 1.69 bits per heavy atom. The van der Waals surface area contributed by atoms with Crippen molar-refractivity contribution in [3.8, 4) is 11.3 Å². The highest BCUT2D eigenvalue weighted by Gasteiger charge is 2.36. The maximum atomic E-state index is 12.6. The lowest BCUT2D eigenvalue weighted by Gasteiger charge is -2.13. The largest absolute Gasteiger partial charge is 0.462 e. The van der Waals surface area contributed by atoms with Crippen molar-refractivity contribution >= 4 is 46.0 Å². The topological polar surface area (TPSA) is 132 Å². The summed E-state index contributed by atoms with van der Waals surface area (Å²) in [5.74, 6) is -2.41. The highest BCUT2D eigenvalue weighted by atomic mass is 32.1. The van der Waals surface area contributed by atoms with Crippen LogP contribution >= 0.6 is 11.3 Å². The van der Waals surface area contributed by atoms with Crippen molar-refractivity contribution < 1.29 is 37.9 Å². The van der Waals surface area contributed by atoms with E-state index in [-0.39, 0.29) is 28.3 Å². The molecular formula is C24H20N2O8S. The van der Waals surface area contributed by atoms with E-state index in [1.807, 2.05) is 0 Å². The maximum Gasteiger partial charge on any atom is 0.341 e. The molecule has 4 rings (SSSR count). The first-order valence-corrected chi connectivity index (χ1v) is 11.4. The first-order chi connectivity index (χ1) is 16.8. The third-order valence-electron chi connectivity index (χ3n) is 5.06. The Morgan fingerprint density at radius 1 is 1.00 bits per heavy atom. The van der Waals surface area contributed by atoms with E-state index >= 15 is 0 Å². The van der Waals surface area contributed by atoms with Gasteiger partial charge < -0.3 is 19.2 Å². The number of benzene rings is 1. The Bertz CT molecular complexity index is 1300. The lowest BCUT2D eigenvalue weighted by molar-refractivity contribution is -0.147. The molecule has 35 heavy (non-hydrogen) atoms. The first-order valence-electron chi connectivity index (χ1n) is 10.6. The van der Waals surface area contributed by atoms with Gasteiger partial charge in [-0.1, -0.05) is 12.1 Å². The number of amides is 3. The molecule has 3 amide bonds. The zero-order chi connectivity index (χ0) is 25.1. The normalized spacial score (nSPS) is 12.5. The molecule has 11 heteroatoms. The van der Waals surface area contributed by atoms with Crippen molar-refractivity contribution in [1.82, 2.24) is 4.90 Å². The van der Waals surface area contributed by atoms with Crippen molar-refractivity contribution in [3.63, 3.8) is 0 Å². The molecule has 0 spiro atoms. The Labute approximate surface area is 203 Å². The van der Waals surface area contributed by atoms with Gasteiger partial charge in [0, 0.05) is 10.9 Å². The highest BCUT2D eigenvalue weighted by Crippen LogP contribution is 2.37. The molecular weight excluding hydrogens is 476 g/mol. The van der Waals surface area contributed by atoms with Crippen LogP contribution in [-0.4, -0.2) is 54.3 Å². The monoisotopic (exact) mass is 496 g/mol. The van der Waals surface area contributed by atoms with Crippen LogP contribution in [0.15, 0.2) is 46.2 Å². The van der Waals surface area contributed by atoms with E-state index in [0.717, 1.165) is 16.2 Å². The van der Waals surface area contributed by atoms with Crippen LogP contribution in [0.4, 0.5) is 5.00 Å². The molecule has 10 nitrogen and oxygen atoms in total. The number of nitrogens with zero attached hydrogens (tertiary/aromatic N) is 1. The van der Waals surface area contributed by atoms with Gasteiger partial charge in [0.05, 0.1) is 17.7 Å². The molecule has 0 unspecified atom stereocenters. The number of ether oxygens (including phenoxy) is 2. The lowest BCUT2D eigenvalue weighted by Crippen LogP contribution is -2.36. The first kappa shape index (κ1) is 23.9. The SMILES string of the molecule is CCOC(=O)c1c(-c2ccc(C)o2)csc1NC(=O)COC(=O)CN1C(=O)c2ccccc2C1=O. The number of rotatable bonds is 8. The average Bonchev–Trinajstić information content (AvgIpc) is 3.51. The Balaban J connectivity index is 1.39. The van der Waals surface area contributed by atoms with Crippen LogP contribution in [0.2, 0.25) is 0 Å². The molecule has 1 aliphatic heterocycles. The molecule has 0 aliphatic carbocycles. The number of aryl methyl sites for hydroxylation is 1. The van der Waals surface area contributed by atoms with Crippen molar-refractivity contribution in [2.75, 3.05) is 25.1 Å². The molecule has 0 bridgehead atoms. The van der Waals surface area contributed by atoms with Gasteiger partial charge in [0.25, 0.3) is 17.7 Å². The summed E-state index contributed by atoms with van der Waals surface area (Å²) in [6.07, 6.45) is 0. The predicted octanol–water partition coefficient (Wildman–Crippen LogP) is 3.27. The van der Waals surface area contributed by atoms with E-state index in [1.165, 1.54) is 12.1 Å². The zero-order valence-electron chi connectivity index (χ0n) is 18.8. The summed E-state index contributed by atoms with van der Waals surface area (Å²) in [6, 6.07) is 9.66. The van der Waals surface area contributed by atoms with Gasteiger partial charge in [0.1, 0.15) is 28.6 Å². The van der Waals surface area contributed by atoms with Gasteiger partial charge in [0.2, 0.25) is 0 Å². The number of fused-ring (bicyclic) bond motifs is 1. The minimum absolute atomic E-state index is 0.122. The second-order valence-corrected chi connectivity index (χ2v) is 8.31. The van der Waals surface area contributed by atoms with Crippen LogP contribution < -0.4 is 5.32 Å². The number of furan rings is 1. The van der Waals surface area contributed by atoms with E-state index in [4.69, 9.17) is 13.9 Å². The molecule has 3 aromatic rings. The molecule has 2 aromatic heterocycles. The van der Waals surface area contributed by atoms with E-state index < -0.39 is 42.8 Å². The third kappa shape index (κ3) is 4.85. The fourth-order valence-corrected chi connectivity index (χ4v) is 4.44. The summed E-state index contributed by atoms with van der Waals surface area (Å²) in [4.78, 5) is 62.7. The average molecular weight is 496 g/mol. The van der Waals surface area contributed by atoms with Crippen molar-refractivity contribution in [1.29, 1.82) is 0 Å². The molecule has 1 aromatic carbocycles. The summed E-state index contributed by atoms with van der Waals surface area (Å²) in [6.45, 7) is 2.24. The van der Waals surface area contributed by atoms with Gasteiger partial charge in [-0.25, -0.2) is 4.79 Å². The van der Waals surface area contributed by atoms with Crippen molar-refractivity contribution in [2.24, 2.45) is 0 Å². The predicted molar refractivity (Wildman–Crippen MR) is 124 cm³/mol. The second-order valence-electron chi connectivity index (χ2n) is 7.44. The van der Waals surface area contributed by atoms with Crippen LogP contribution in [0.1, 0.15) is 43.8 Å². The molecule has 0 saturated carbocycles. The molecule has 1 N–H and O–H groups in total. The number of imide groups is 1. The number of carbonyl (C=O) groups is 5. The minimum Gasteiger partial charge on any atom is -0.462 e. The van der Waals surface area contributed by atoms with E-state index in [1.54, 1.807) is 43.5 Å². The number of thiophene rings is 1. The third-order valence-corrected chi connectivity index (χ3v) is 5.95. The smallest absolute Gasteiger partial charge is 0.341 e. The highest BCUT2D eigenvalue weighted by molar-refractivity contribution is 7.15. The van der Waals surface area contributed by atoms with Crippen molar-refractivity contribution in [2.45, 2.75) is 13.8 Å². The number of nitrogens with one attached hydrogen (secondary N) is 1. The van der Waals surface area contributed by atoms with E-state index in [0.29, 0.717) is 17.1 Å². The molecule has 0 fully saturated rings. The van der Waals surface area contributed by atoms with Gasteiger partial charge in [-0.15, -0.1) is 11.3 Å². The van der Waals surface area contributed by atoms with Crippen LogP contribution in [0, 0.1) is 6.92 Å². The van der Waals surface area contributed by atoms with Crippen LogP contribution in [-0.2, 0) is 19.1 Å². The summed E-state index contributed by atoms with van der Waals surface area (Å²) in [7, 11) is 0. The van der Waals surface area contributed by atoms with Crippen LogP contribution in [0.25, 0.3) is 11.3 Å². The number of esters is 2. The van der Waals surface area contributed by atoms with Gasteiger partial charge in [-0.3, -0.25) is 24.1 Å². The quantitative estimate of drug-likeness (QED) is 0.371. The van der Waals surface area contributed by atoms with Gasteiger partial charge in [-0.05, 0) is 38.1 Å². The number of carbonyl (C=O) groups excluding carboxylic acids is 5. The van der Waals surface area contributed by atoms with Crippen molar-refractivity contribution in [3.05, 3.63) is 64.2 Å². The lowest BCUT2D eigenvalue weighted by atomic mass is 10.1. The summed E-state index contributed by atoms with van der Waals surface area (Å²) >= 11 is 1.09. The standard InChI is InChI=1S/C24H20N2O8S/c1-3-32-24(31)20-16(17-9-8-13(2)34-17)12-35-21(20)25-18(27)11-33-19(28)10-26-22(29)14-6-4-5-7-15(14)23(26)30/h4-9,12H,3,10-11H2,1-2H3,(H,25,27). The van der Waals surface area contributed by atoms with Gasteiger partial charge >= 0.3 is 11.9 Å². The Morgan fingerprint density at radius 3 is 2.29 bits per heavy atom.